The first-order valence-corrected chi connectivity index (χ1v) is 9.62. The van der Waals surface area contributed by atoms with Gasteiger partial charge in [-0.25, -0.2) is 0 Å². The summed E-state index contributed by atoms with van der Waals surface area (Å²) in [5.74, 6) is 4.45. The topological polar surface area (TPSA) is 20.2 Å². The summed E-state index contributed by atoms with van der Waals surface area (Å²) >= 11 is 0. The molecular weight excluding hydrogens is 268 g/mol. The van der Waals surface area contributed by atoms with E-state index in [4.69, 9.17) is 0 Å². The van der Waals surface area contributed by atoms with Gasteiger partial charge in [0.25, 0.3) is 0 Å². The van der Waals surface area contributed by atoms with Crippen LogP contribution in [0.5, 0.6) is 0 Å². The van der Waals surface area contributed by atoms with Gasteiger partial charge in [-0.1, -0.05) is 44.1 Å². The highest BCUT2D eigenvalue weighted by atomic mass is 16.3. The third kappa shape index (κ3) is 2.00. The Balaban J connectivity index is 1.66. The molecule has 0 aromatic carbocycles. The van der Waals surface area contributed by atoms with Crippen LogP contribution in [0.1, 0.15) is 65.7 Å². The van der Waals surface area contributed by atoms with Crippen LogP contribution in [0.25, 0.3) is 0 Å². The van der Waals surface area contributed by atoms with Crippen LogP contribution >= 0.6 is 0 Å². The summed E-state index contributed by atoms with van der Waals surface area (Å²) in [6.45, 7) is 7.39. The van der Waals surface area contributed by atoms with Gasteiger partial charge < -0.3 is 5.11 Å². The van der Waals surface area contributed by atoms with Crippen molar-refractivity contribution in [2.75, 3.05) is 0 Å². The molecule has 0 aliphatic heterocycles. The van der Waals surface area contributed by atoms with Crippen molar-refractivity contribution in [3.63, 3.8) is 0 Å². The summed E-state index contributed by atoms with van der Waals surface area (Å²) in [5.41, 5.74) is 3.75. The van der Waals surface area contributed by atoms with Crippen molar-refractivity contribution in [3.05, 3.63) is 23.3 Å². The van der Waals surface area contributed by atoms with Gasteiger partial charge in [0.2, 0.25) is 0 Å². The Morgan fingerprint density at radius 1 is 1.27 bits per heavy atom. The minimum absolute atomic E-state index is 0.173. The van der Waals surface area contributed by atoms with Crippen LogP contribution in [0.3, 0.4) is 0 Å². The second-order valence-electron chi connectivity index (χ2n) is 8.80. The first-order chi connectivity index (χ1) is 10.5. The molecule has 0 heterocycles. The van der Waals surface area contributed by atoms with E-state index in [1.54, 1.807) is 11.1 Å². The molecule has 0 radical (unpaired) electrons. The van der Waals surface area contributed by atoms with Crippen molar-refractivity contribution in [2.24, 2.45) is 35.0 Å². The Morgan fingerprint density at radius 2 is 2.09 bits per heavy atom. The van der Waals surface area contributed by atoms with Gasteiger partial charge >= 0.3 is 0 Å². The highest BCUT2D eigenvalue weighted by Gasteiger charge is 2.54. The predicted octanol–water partition coefficient (Wildman–Crippen LogP) is 5.11. The summed E-state index contributed by atoms with van der Waals surface area (Å²) in [6, 6.07) is 0. The predicted molar refractivity (Wildman–Crippen MR) is 91.4 cm³/mol. The zero-order valence-corrected chi connectivity index (χ0v) is 14.5. The molecule has 122 valence electrons. The zero-order chi connectivity index (χ0) is 15.5. The van der Waals surface area contributed by atoms with E-state index < -0.39 is 0 Å². The first kappa shape index (κ1) is 15.0. The van der Waals surface area contributed by atoms with Gasteiger partial charge in [-0.2, -0.15) is 0 Å². The number of fused-ring (bicyclic) bond motifs is 5. The minimum Gasteiger partial charge on any atom is -0.389 e. The van der Waals surface area contributed by atoms with Gasteiger partial charge in [0.1, 0.15) is 0 Å². The molecule has 22 heavy (non-hydrogen) atoms. The lowest BCUT2D eigenvalue weighted by atomic mass is 9.48. The Morgan fingerprint density at radius 3 is 2.86 bits per heavy atom. The Hall–Kier alpha value is -0.560. The van der Waals surface area contributed by atoms with E-state index in [1.165, 1.54) is 38.5 Å². The molecule has 0 aromatic rings. The number of hydrogen-bond donors (Lipinski definition) is 1. The van der Waals surface area contributed by atoms with E-state index in [0.717, 1.165) is 36.0 Å². The van der Waals surface area contributed by atoms with Crippen molar-refractivity contribution in [3.8, 4) is 0 Å². The SMILES string of the molecule is CCC1=CCC2C3CCC4=CC(O)CC[C@]4(C)C3C[C@@H](C)C12. The molecule has 0 aromatic heterocycles. The molecule has 4 aliphatic carbocycles. The number of rotatable bonds is 1. The fraction of sp³-hybridized carbons (Fsp3) is 0.810. The normalized spacial score (nSPS) is 50.5. The van der Waals surface area contributed by atoms with Crippen LogP contribution in [0.15, 0.2) is 23.3 Å². The third-order valence-corrected chi connectivity index (χ3v) is 7.91. The highest BCUT2D eigenvalue weighted by Crippen LogP contribution is 2.63. The van der Waals surface area contributed by atoms with Crippen LogP contribution in [0.4, 0.5) is 0 Å². The van der Waals surface area contributed by atoms with E-state index in [0.29, 0.717) is 5.41 Å². The molecule has 2 saturated carbocycles. The summed E-state index contributed by atoms with van der Waals surface area (Å²) in [4.78, 5) is 0. The summed E-state index contributed by atoms with van der Waals surface area (Å²) in [6.07, 6.45) is 13.5. The smallest absolute Gasteiger partial charge is 0.0724 e. The van der Waals surface area contributed by atoms with E-state index in [9.17, 15) is 5.11 Å². The lowest BCUT2D eigenvalue weighted by Gasteiger charge is -2.57. The van der Waals surface area contributed by atoms with Gasteiger partial charge in [-0.3, -0.25) is 0 Å². The van der Waals surface area contributed by atoms with Gasteiger partial charge in [-0.15, -0.1) is 0 Å². The van der Waals surface area contributed by atoms with Gasteiger partial charge in [0.05, 0.1) is 6.10 Å². The standard InChI is InChI=1S/C21H32O/c1-4-14-5-7-18-17-8-6-15-12-16(22)9-10-21(15,3)19(17)11-13(2)20(14)18/h5,12-13,16-20,22H,4,6-11H2,1-3H3/t13-,16?,17?,18?,19?,20?,21+/m1/s1. The average Bonchev–Trinajstić information content (AvgIpc) is 2.94. The molecule has 4 rings (SSSR count). The fourth-order valence-corrected chi connectivity index (χ4v) is 6.85. The average molecular weight is 300 g/mol. The second kappa shape index (κ2) is 5.23. The first-order valence-electron chi connectivity index (χ1n) is 9.62. The maximum atomic E-state index is 10.0. The minimum atomic E-state index is -0.173. The van der Waals surface area contributed by atoms with Crippen LogP contribution in [0.2, 0.25) is 0 Å². The molecule has 0 bridgehead atoms. The Kier molecular flexibility index (Phi) is 3.56. The summed E-state index contributed by atoms with van der Waals surface area (Å²) in [5, 5.41) is 10.0. The largest absolute Gasteiger partial charge is 0.389 e. The van der Waals surface area contributed by atoms with Crippen molar-refractivity contribution in [1.29, 1.82) is 0 Å². The number of hydrogen-bond acceptors (Lipinski definition) is 1. The maximum absolute atomic E-state index is 10.0. The Labute approximate surface area is 135 Å². The molecule has 5 unspecified atom stereocenters. The molecule has 1 nitrogen and oxygen atoms in total. The van der Waals surface area contributed by atoms with E-state index in [2.05, 4.69) is 32.9 Å². The Bertz CT molecular complexity index is 516. The summed E-state index contributed by atoms with van der Waals surface area (Å²) in [7, 11) is 0. The number of allylic oxidation sites excluding steroid dienone is 3. The molecule has 2 fully saturated rings. The third-order valence-electron chi connectivity index (χ3n) is 7.91. The van der Waals surface area contributed by atoms with Gasteiger partial charge in [0, 0.05) is 0 Å². The van der Waals surface area contributed by atoms with Crippen molar-refractivity contribution in [2.45, 2.75) is 71.8 Å². The highest BCUT2D eigenvalue weighted by molar-refractivity contribution is 5.27. The van der Waals surface area contributed by atoms with Gasteiger partial charge in [0.15, 0.2) is 0 Å². The van der Waals surface area contributed by atoms with E-state index in [-0.39, 0.29) is 6.10 Å². The maximum Gasteiger partial charge on any atom is 0.0724 e. The molecule has 0 saturated heterocycles. The molecule has 0 amide bonds. The van der Waals surface area contributed by atoms with Crippen LogP contribution in [-0.4, -0.2) is 11.2 Å². The lowest BCUT2D eigenvalue weighted by molar-refractivity contribution is -0.0275. The quantitative estimate of drug-likeness (QED) is 0.667. The molecular formula is C21H32O. The fourth-order valence-electron chi connectivity index (χ4n) is 6.85. The van der Waals surface area contributed by atoms with Crippen LogP contribution < -0.4 is 0 Å². The molecule has 0 spiro atoms. The van der Waals surface area contributed by atoms with E-state index >= 15 is 0 Å². The van der Waals surface area contributed by atoms with Crippen molar-refractivity contribution >= 4 is 0 Å². The molecule has 7 atom stereocenters. The number of aliphatic hydroxyl groups excluding tert-OH is 1. The molecule has 1 N–H and O–H groups in total. The zero-order valence-electron chi connectivity index (χ0n) is 14.5. The monoisotopic (exact) mass is 300 g/mol. The van der Waals surface area contributed by atoms with Crippen LogP contribution in [-0.2, 0) is 0 Å². The van der Waals surface area contributed by atoms with Crippen molar-refractivity contribution < 1.29 is 5.11 Å². The van der Waals surface area contributed by atoms with Gasteiger partial charge in [-0.05, 0) is 80.0 Å². The van der Waals surface area contributed by atoms with Crippen LogP contribution in [0, 0.1) is 35.0 Å². The second-order valence-corrected chi connectivity index (χ2v) is 8.80. The lowest BCUT2D eigenvalue weighted by Crippen LogP contribution is -2.49. The molecule has 1 heteroatoms. The summed E-state index contributed by atoms with van der Waals surface area (Å²) < 4.78 is 0. The molecule has 4 aliphatic rings. The van der Waals surface area contributed by atoms with E-state index in [1.807, 2.05) is 0 Å². The number of aliphatic hydroxyl groups is 1. The van der Waals surface area contributed by atoms with Crippen molar-refractivity contribution in [1.82, 2.24) is 0 Å².